The van der Waals surface area contributed by atoms with E-state index in [0.29, 0.717) is 0 Å². The van der Waals surface area contributed by atoms with Crippen LogP contribution >= 0.6 is 55.4 Å². The standard InChI is InChI=1S/C26H20Br2N4O4S2/c27-19-7-3-1-5-17(19)25-31(21(33)13-37-25)29-23(35)15-9-11-16(12-10-15)24(36)30-32-22(34)14-38-26(32)18-6-2-4-8-20(18)28/h1-12,25-26H,13-14H2,(H,29,35)(H,30,36). The Hall–Kier alpha value is -2.80. The second-order valence-electron chi connectivity index (χ2n) is 8.36. The van der Waals surface area contributed by atoms with Gasteiger partial charge in [0.25, 0.3) is 23.6 Å². The molecular formula is C26H20Br2N4O4S2. The fourth-order valence-electron chi connectivity index (χ4n) is 4.02. The maximum Gasteiger partial charge on any atom is 0.269 e. The zero-order valence-corrected chi connectivity index (χ0v) is 24.4. The van der Waals surface area contributed by atoms with E-state index in [1.807, 2.05) is 48.5 Å². The number of thioether (sulfide) groups is 2. The number of hydrogen-bond acceptors (Lipinski definition) is 6. The summed E-state index contributed by atoms with van der Waals surface area (Å²) >= 11 is 9.87. The van der Waals surface area contributed by atoms with Crippen LogP contribution in [0.1, 0.15) is 42.6 Å². The molecule has 2 heterocycles. The molecule has 5 rings (SSSR count). The van der Waals surface area contributed by atoms with E-state index < -0.39 is 11.8 Å². The highest BCUT2D eigenvalue weighted by molar-refractivity contribution is 9.10. The van der Waals surface area contributed by atoms with Gasteiger partial charge in [-0.1, -0.05) is 68.3 Å². The lowest BCUT2D eigenvalue weighted by atomic mass is 10.1. The molecule has 194 valence electrons. The number of nitrogens with one attached hydrogen (secondary N) is 2. The quantitative estimate of drug-likeness (QED) is 0.380. The Morgan fingerprint density at radius 3 is 1.39 bits per heavy atom. The molecule has 12 heteroatoms. The highest BCUT2D eigenvalue weighted by Crippen LogP contribution is 2.41. The fourth-order valence-corrected chi connectivity index (χ4v) is 7.62. The molecule has 2 aliphatic heterocycles. The molecule has 2 fully saturated rings. The molecule has 2 unspecified atom stereocenters. The number of halogens is 2. The summed E-state index contributed by atoms with van der Waals surface area (Å²) in [4.78, 5) is 50.9. The van der Waals surface area contributed by atoms with Gasteiger partial charge in [0, 0.05) is 31.2 Å². The Morgan fingerprint density at radius 2 is 1.03 bits per heavy atom. The van der Waals surface area contributed by atoms with E-state index in [0.717, 1.165) is 20.1 Å². The largest absolute Gasteiger partial charge is 0.272 e. The summed E-state index contributed by atoms with van der Waals surface area (Å²) in [5.41, 5.74) is 7.75. The van der Waals surface area contributed by atoms with Crippen LogP contribution in [0.3, 0.4) is 0 Å². The van der Waals surface area contributed by atoms with Gasteiger partial charge in [0.2, 0.25) is 0 Å². The summed E-state index contributed by atoms with van der Waals surface area (Å²) in [6.07, 6.45) is 0. The van der Waals surface area contributed by atoms with Gasteiger partial charge in [-0.3, -0.25) is 30.0 Å². The monoisotopic (exact) mass is 674 g/mol. The van der Waals surface area contributed by atoms with Gasteiger partial charge in [-0.05, 0) is 36.4 Å². The van der Waals surface area contributed by atoms with Crippen molar-refractivity contribution in [3.8, 4) is 0 Å². The molecule has 0 radical (unpaired) electrons. The van der Waals surface area contributed by atoms with Crippen molar-refractivity contribution in [3.05, 3.63) is 104 Å². The van der Waals surface area contributed by atoms with Crippen molar-refractivity contribution in [1.82, 2.24) is 20.9 Å². The van der Waals surface area contributed by atoms with E-state index >= 15 is 0 Å². The molecule has 38 heavy (non-hydrogen) atoms. The van der Waals surface area contributed by atoms with E-state index in [1.165, 1.54) is 57.8 Å². The summed E-state index contributed by atoms with van der Waals surface area (Å²) in [6, 6.07) is 21.1. The first-order valence-electron chi connectivity index (χ1n) is 11.4. The third kappa shape index (κ3) is 5.49. The van der Waals surface area contributed by atoms with Crippen molar-refractivity contribution in [2.45, 2.75) is 10.7 Å². The van der Waals surface area contributed by atoms with Crippen LogP contribution in [0.2, 0.25) is 0 Å². The third-order valence-corrected chi connectivity index (χ3v) is 9.76. The smallest absolute Gasteiger partial charge is 0.269 e. The fraction of sp³-hybridized carbons (Fsp3) is 0.154. The zero-order chi connectivity index (χ0) is 26.8. The van der Waals surface area contributed by atoms with Gasteiger partial charge in [0.1, 0.15) is 10.7 Å². The van der Waals surface area contributed by atoms with Crippen LogP contribution in [-0.4, -0.2) is 45.2 Å². The van der Waals surface area contributed by atoms with E-state index in [4.69, 9.17) is 0 Å². The lowest BCUT2D eigenvalue weighted by molar-refractivity contribution is -0.131. The van der Waals surface area contributed by atoms with Crippen LogP contribution in [0.5, 0.6) is 0 Å². The van der Waals surface area contributed by atoms with Crippen molar-refractivity contribution in [2.24, 2.45) is 0 Å². The number of benzene rings is 3. The summed E-state index contributed by atoms with van der Waals surface area (Å²) in [6.45, 7) is 0. The highest BCUT2D eigenvalue weighted by atomic mass is 79.9. The van der Waals surface area contributed by atoms with Gasteiger partial charge in [0.05, 0.1) is 11.5 Å². The summed E-state index contributed by atoms with van der Waals surface area (Å²) in [7, 11) is 0. The average Bonchev–Trinajstić information content (AvgIpc) is 3.46. The molecule has 2 saturated heterocycles. The van der Waals surface area contributed by atoms with Crippen LogP contribution in [0.25, 0.3) is 0 Å². The summed E-state index contributed by atoms with van der Waals surface area (Å²) in [5.74, 6) is -0.838. The Kier molecular flexibility index (Phi) is 8.12. The second kappa shape index (κ2) is 11.5. The summed E-state index contributed by atoms with van der Waals surface area (Å²) in [5, 5.41) is 1.96. The minimum Gasteiger partial charge on any atom is -0.272 e. The number of hydrogen-bond donors (Lipinski definition) is 2. The first-order valence-corrected chi connectivity index (χ1v) is 15.1. The van der Waals surface area contributed by atoms with Gasteiger partial charge in [-0.15, -0.1) is 23.5 Å². The topological polar surface area (TPSA) is 98.8 Å². The first-order chi connectivity index (χ1) is 18.3. The molecule has 0 aromatic heterocycles. The number of carbonyl (C=O) groups excluding carboxylic acids is 4. The molecule has 3 aromatic rings. The van der Waals surface area contributed by atoms with Crippen molar-refractivity contribution < 1.29 is 19.2 Å². The average molecular weight is 676 g/mol. The Balaban J connectivity index is 1.26. The van der Waals surface area contributed by atoms with E-state index in [-0.39, 0.29) is 45.2 Å². The predicted octanol–water partition coefficient (Wildman–Crippen LogP) is 5.05. The molecule has 4 amide bonds. The van der Waals surface area contributed by atoms with E-state index in [1.54, 1.807) is 0 Å². The first kappa shape index (κ1) is 26.8. The van der Waals surface area contributed by atoms with Gasteiger partial charge in [-0.2, -0.15) is 0 Å². The molecule has 0 saturated carbocycles. The highest BCUT2D eigenvalue weighted by Gasteiger charge is 2.36. The minimum absolute atomic E-state index is 0.201. The van der Waals surface area contributed by atoms with Crippen LogP contribution in [0, 0.1) is 0 Å². The Labute approximate surface area is 244 Å². The number of amides is 4. The number of nitrogens with zero attached hydrogens (tertiary/aromatic N) is 2. The lowest BCUT2D eigenvalue weighted by Crippen LogP contribution is -2.45. The predicted molar refractivity (Wildman–Crippen MR) is 154 cm³/mol. The van der Waals surface area contributed by atoms with E-state index in [9.17, 15) is 19.2 Å². The molecule has 0 spiro atoms. The molecule has 0 bridgehead atoms. The van der Waals surface area contributed by atoms with Crippen LogP contribution in [0.15, 0.2) is 81.7 Å². The number of hydrazine groups is 2. The maximum atomic E-state index is 13.0. The number of rotatable bonds is 6. The Bertz CT molecular complexity index is 1320. The molecular weight excluding hydrogens is 656 g/mol. The second-order valence-corrected chi connectivity index (χ2v) is 12.2. The van der Waals surface area contributed by atoms with Crippen LogP contribution in [0.4, 0.5) is 0 Å². The molecule has 2 aliphatic rings. The van der Waals surface area contributed by atoms with Crippen molar-refractivity contribution in [3.63, 3.8) is 0 Å². The molecule has 2 atom stereocenters. The van der Waals surface area contributed by atoms with Gasteiger partial charge in [0.15, 0.2) is 0 Å². The zero-order valence-electron chi connectivity index (χ0n) is 19.6. The van der Waals surface area contributed by atoms with Gasteiger partial charge in [-0.25, -0.2) is 10.0 Å². The molecule has 3 aromatic carbocycles. The molecule has 2 N–H and O–H groups in total. The summed E-state index contributed by atoms with van der Waals surface area (Å²) < 4.78 is 1.69. The van der Waals surface area contributed by atoms with Crippen LogP contribution in [-0.2, 0) is 9.59 Å². The van der Waals surface area contributed by atoms with Crippen molar-refractivity contribution >= 4 is 79.0 Å². The normalized spacial score (nSPS) is 19.1. The van der Waals surface area contributed by atoms with Crippen LogP contribution < -0.4 is 10.9 Å². The lowest BCUT2D eigenvalue weighted by Gasteiger charge is -2.25. The van der Waals surface area contributed by atoms with E-state index in [2.05, 4.69) is 42.7 Å². The van der Waals surface area contributed by atoms with Crippen molar-refractivity contribution in [2.75, 3.05) is 11.5 Å². The minimum atomic E-state index is -0.468. The molecule has 8 nitrogen and oxygen atoms in total. The third-order valence-electron chi connectivity index (χ3n) is 5.93. The number of carbonyl (C=O) groups is 4. The SMILES string of the molecule is O=C(NN1C(=O)CSC1c1ccccc1Br)c1ccc(C(=O)NN2C(=O)CSC2c2ccccc2Br)cc1. The molecule has 0 aliphatic carbocycles. The van der Waals surface area contributed by atoms with Gasteiger partial charge < -0.3 is 0 Å². The Morgan fingerprint density at radius 1 is 0.658 bits per heavy atom. The maximum absolute atomic E-state index is 13.0. The van der Waals surface area contributed by atoms with Crippen molar-refractivity contribution in [1.29, 1.82) is 0 Å². The van der Waals surface area contributed by atoms with Gasteiger partial charge >= 0.3 is 0 Å².